The zero-order chi connectivity index (χ0) is 13.3. The molecule has 2 N–H and O–H groups in total. The summed E-state index contributed by atoms with van der Waals surface area (Å²) in [6.45, 7) is 3.78. The second-order valence-electron chi connectivity index (χ2n) is 4.06. The molecule has 2 rings (SSSR count). The number of nitrogens with zero attached hydrogens (tertiary/aromatic N) is 2. The fourth-order valence-corrected chi connectivity index (χ4v) is 1.88. The molecule has 0 saturated heterocycles. The van der Waals surface area contributed by atoms with E-state index in [1.807, 2.05) is 19.9 Å². The molecular formula is C13H14ClN3O. The lowest BCUT2D eigenvalue weighted by Gasteiger charge is -2.10. The van der Waals surface area contributed by atoms with E-state index in [1.54, 1.807) is 19.2 Å². The Bertz CT molecular complexity index is 579. The maximum absolute atomic E-state index is 6.13. The SMILES string of the molecule is COc1cc(C)c(Cl)cc1-c1nc(C)cc(N)n1. The van der Waals surface area contributed by atoms with Crippen LogP contribution in [0.4, 0.5) is 5.82 Å². The third-order valence-electron chi connectivity index (χ3n) is 2.60. The molecule has 0 amide bonds. The number of hydrogen-bond donors (Lipinski definition) is 1. The fourth-order valence-electron chi connectivity index (χ4n) is 1.71. The summed E-state index contributed by atoms with van der Waals surface area (Å²) >= 11 is 6.13. The van der Waals surface area contributed by atoms with Gasteiger partial charge in [-0.05, 0) is 31.5 Å². The third-order valence-corrected chi connectivity index (χ3v) is 3.00. The molecule has 18 heavy (non-hydrogen) atoms. The molecule has 2 aromatic rings. The molecule has 0 saturated carbocycles. The van der Waals surface area contributed by atoms with Crippen LogP contribution in [0, 0.1) is 13.8 Å². The summed E-state index contributed by atoms with van der Waals surface area (Å²) < 4.78 is 5.34. The highest BCUT2D eigenvalue weighted by Crippen LogP contribution is 2.33. The Balaban J connectivity index is 2.65. The molecule has 0 fully saturated rings. The number of anilines is 1. The van der Waals surface area contributed by atoms with Gasteiger partial charge in [0, 0.05) is 16.8 Å². The van der Waals surface area contributed by atoms with Crippen molar-refractivity contribution in [3.05, 3.63) is 34.5 Å². The van der Waals surface area contributed by atoms with E-state index in [1.165, 1.54) is 0 Å². The van der Waals surface area contributed by atoms with Crippen molar-refractivity contribution < 1.29 is 4.74 Å². The van der Waals surface area contributed by atoms with Crippen molar-refractivity contribution in [2.75, 3.05) is 12.8 Å². The predicted octanol–water partition coefficient (Wildman–Crippen LogP) is 3.00. The van der Waals surface area contributed by atoms with Crippen LogP contribution in [-0.4, -0.2) is 17.1 Å². The first kappa shape index (κ1) is 12.6. The van der Waals surface area contributed by atoms with Crippen LogP contribution in [0.2, 0.25) is 5.02 Å². The number of halogens is 1. The van der Waals surface area contributed by atoms with E-state index in [4.69, 9.17) is 22.1 Å². The Morgan fingerprint density at radius 1 is 1.17 bits per heavy atom. The molecule has 0 aliphatic carbocycles. The number of aromatic nitrogens is 2. The molecular weight excluding hydrogens is 250 g/mol. The van der Waals surface area contributed by atoms with Crippen molar-refractivity contribution >= 4 is 17.4 Å². The summed E-state index contributed by atoms with van der Waals surface area (Å²) in [5.74, 6) is 1.63. The number of methoxy groups -OCH3 is 1. The van der Waals surface area contributed by atoms with Crippen LogP contribution in [0.15, 0.2) is 18.2 Å². The van der Waals surface area contributed by atoms with Crippen molar-refractivity contribution in [2.45, 2.75) is 13.8 Å². The van der Waals surface area contributed by atoms with Gasteiger partial charge in [0.15, 0.2) is 5.82 Å². The van der Waals surface area contributed by atoms with Gasteiger partial charge in [0.1, 0.15) is 11.6 Å². The van der Waals surface area contributed by atoms with Gasteiger partial charge in [-0.2, -0.15) is 0 Å². The van der Waals surface area contributed by atoms with Crippen LogP contribution in [0.1, 0.15) is 11.3 Å². The van der Waals surface area contributed by atoms with Gasteiger partial charge >= 0.3 is 0 Å². The van der Waals surface area contributed by atoms with E-state index < -0.39 is 0 Å². The molecule has 94 valence electrons. The summed E-state index contributed by atoms with van der Waals surface area (Å²) in [6, 6.07) is 5.37. The second kappa shape index (κ2) is 4.82. The van der Waals surface area contributed by atoms with Gasteiger partial charge in [-0.3, -0.25) is 0 Å². The van der Waals surface area contributed by atoms with Gasteiger partial charge in [0.05, 0.1) is 12.7 Å². The van der Waals surface area contributed by atoms with Crippen LogP contribution >= 0.6 is 11.6 Å². The summed E-state index contributed by atoms with van der Waals surface area (Å²) in [5.41, 5.74) is 8.22. The molecule has 0 aliphatic heterocycles. The van der Waals surface area contributed by atoms with Gasteiger partial charge in [-0.25, -0.2) is 9.97 Å². The van der Waals surface area contributed by atoms with Gasteiger partial charge < -0.3 is 10.5 Å². The summed E-state index contributed by atoms with van der Waals surface area (Å²) in [4.78, 5) is 8.57. The Labute approximate surface area is 111 Å². The van der Waals surface area contributed by atoms with Crippen molar-refractivity contribution in [2.24, 2.45) is 0 Å². The Hall–Kier alpha value is -1.81. The van der Waals surface area contributed by atoms with Crippen molar-refractivity contribution in [1.29, 1.82) is 0 Å². The van der Waals surface area contributed by atoms with Gasteiger partial charge in [-0.1, -0.05) is 11.6 Å². The number of hydrogen-bond acceptors (Lipinski definition) is 4. The molecule has 0 atom stereocenters. The molecule has 1 aromatic carbocycles. The van der Waals surface area contributed by atoms with Crippen LogP contribution in [0.3, 0.4) is 0 Å². The second-order valence-corrected chi connectivity index (χ2v) is 4.47. The maximum atomic E-state index is 6.13. The minimum atomic E-state index is 0.427. The molecule has 0 bridgehead atoms. The molecule has 1 heterocycles. The summed E-state index contributed by atoms with van der Waals surface area (Å²) in [5, 5.41) is 0.648. The zero-order valence-electron chi connectivity index (χ0n) is 10.5. The van der Waals surface area contributed by atoms with Crippen LogP contribution in [0.25, 0.3) is 11.4 Å². The standard InChI is InChI=1S/C13H14ClN3O/c1-7-4-11(18-3)9(6-10(7)14)13-16-8(2)5-12(15)17-13/h4-6H,1-3H3,(H2,15,16,17). The topological polar surface area (TPSA) is 61.0 Å². The lowest BCUT2D eigenvalue weighted by Crippen LogP contribution is -1.99. The Morgan fingerprint density at radius 2 is 1.89 bits per heavy atom. The zero-order valence-corrected chi connectivity index (χ0v) is 11.2. The average molecular weight is 264 g/mol. The smallest absolute Gasteiger partial charge is 0.165 e. The number of benzene rings is 1. The lowest BCUT2D eigenvalue weighted by molar-refractivity contribution is 0.416. The first-order chi connectivity index (χ1) is 8.51. The van der Waals surface area contributed by atoms with Gasteiger partial charge in [-0.15, -0.1) is 0 Å². The Kier molecular flexibility index (Phi) is 3.39. The molecule has 0 unspecified atom stereocenters. The highest BCUT2D eigenvalue weighted by Gasteiger charge is 2.12. The molecule has 4 nitrogen and oxygen atoms in total. The lowest BCUT2D eigenvalue weighted by atomic mass is 10.1. The highest BCUT2D eigenvalue weighted by molar-refractivity contribution is 6.31. The van der Waals surface area contributed by atoms with E-state index in [0.29, 0.717) is 22.4 Å². The highest BCUT2D eigenvalue weighted by atomic mass is 35.5. The fraction of sp³-hybridized carbons (Fsp3) is 0.231. The van der Waals surface area contributed by atoms with E-state index in [9.17, 15) is 0 Å². The largest absolute Gasteiger partial charge is 0.496 e. The first-order valence-electron chi connectivity index (χ1n) is 5.47. The minimum absolute atomic E-state index is 0.427. The van der Waals surface area contributed by atoms with Crippen molar-refractivity contribution in [1.82, 2.24) is 9.97 Å². The van der Waals surface area contributed by atoms with Gasteiger partial charge in [0.2, 0.25) is 0 Å². The number of nitrogens with two attached hydrogens (primary N) is 1. The van der Waals surface area contributed by atoms with E-state index in [-0.39, 0.29) is 0 Å². The van der Waals surface area contributed by atoms with Crippen LogP contribution in [-0.2, 0) is 0 Å². The molecule has 0 aliphatic rings. The van der Waals surface area contributed by atoms with Crippen molar-refractivity contribution in [3.63, 3.8) is 0 Å². The maximum Gasteiger partial charge on any atom is 0.165 e. The Morgan fingerprint density at radius 3 is 2.50 bits per heavy atom. The average Bonchev–Trinajstić information content (AvgIpc) is 2.30. The van der Waals surface area contributed by atoms with E-state index >= 15 is 0 Å². The van der Waals surface area contributed by atoms with E-state index in [0.717, 1.165) is 16.8 Å². The number of rotatable bonds is 2. The van der Waals surface area contributed by atoms with E-state index in [2.05, 4.69) is 9.97 Å². The molecule has 5 heteroatoms. The van der Waals surface area contributed by atoms with Gasteiger partial charge in [0.25, 0.3) is 0 Å². The predicted molar refractivity (Wildman–Crippen MR) is 72.9 cm³/mol. The molecule has 0 spiro atoms. The third kappa shape index (κ3) is 2.38. The number of ether oxygens (including phenoxy) is 1. The summed E-state index contributed by atoms with van der Waals surface area (Å²) in [6.07, 6.45) is 0. The normalized spacial score (nSPS) is 10.4. The molecule has 0 radical (unpaired) electrons. The minimum Gasteiger partial charge on any atom is -0.496 e. The number of nitrogen functional groups attached to an aromatic ring is 1. The molecule has 1 aromatic heterocycles. The van der Waals surface area contributed by atoms with Crippen LogP contribution in [0.5, 0.6) is 5.75 Å². The number of aryl methyl sites for hydroxylation is 2. The monoisotopic (exact) mass is 263 g/mol. The van der Waals surface area contributed by atoms with Crippen LogP contribution < -0.4 is 10.5 Å². The first-order valence-corrected chi connectivity index (χ1v) is 5.84. The summed E-state index contributed by atoms with van der Waals surface area (Å²) in [7, 11) is 1.60. The van der Waals surface area contributed by atoms with Crippen molar-refractivity contribution in [3.8, 4) is 17.1 Å². The quantitative estimate of drug-likeness (QED) is 0.905.